The molecule has 0 aliphatic carbocycles. The van der Waals surface area contributed by atoms with Gasteiger partial charge in [-0.25, -0.2) is 0 Å². The van der Waals surface area contributed by atoms with E-state index < -0.39 is 0 Å². The van der Waals surface area contributed by atoms with Gasteiger partial charge in [0.15, 0.2) is 0 Å². The fraction of sp³-hybridized carbons (Fsp3) is 0.174. The second-order valence-corrected chi connectivity index (χ2v) is 8.34. The molecule has 1 aliphatic rings. The van der Waals surface area contributed by atoms with Gasteiger partial charge in [0.25, 0.3) is 0 Å². The third kappa shape index (κ3) is 3.82. The maximum absolute atomic E-state index is 8.94. The van der Waals surface area contributed by atoms with E-state index in [2.05, 4.69) is 27.4 Å². The predicted octanol–water partition coefficient (Wildman–Crippen LogP) is 4.72. The molecule has 0 fully saturated rings. The highest BCUT2D eigenvalue weighted by Crippen LogP contribution is 2.34. The molecule has 5 nitrogen and oxygen atoms in total. The van der Waals surface area contributed by atoms with Gasteiger partial charge in [-0.05, 0) is 44.5 Å². The average molecular weight is 434 g/mol. The molecule has 1 aromatic carbocycles. The van der Waals surface area contributed by atoms with Crippen LogP contribution in [0.25, 0.3) is 5.00 Å². The highest BCUT2D eigenvalue weighted by molar-refractivity contribution is 7.15. The molecule has 0 radical (unpaired) electrons. The van der Waals surface area contributed by atoms with Crippen LogP contribution in [0.2, 0.25) is 5.02 Å². The minimum absolute atomic E-state index is 0.425. The lowest BCUT2D eigenvalue weighted by molar-refractivity contribution is 0.953. The molecule has 3 aromatic rings. The van der Waals surface area contributed by atoms with Crippen LogP contribution in [-0.2, 0) is 0 Å². The molecule has 4 rings (SSSR count). The molecule has 7 heteroatoms. The van der Waals surface area contributed by atoms with Crippen LogP contribution >= 0.6 is 22.9 Å². The third-order valence-corrected chi connectivity index (χ3v) is 6.26. The minimum Gasteiger partial charge on any atom is -0.386 e. The first kappa shape index (κ1) is 20.1. The molecule has 0 atom stereocenters. The lowest BCUT2D eigenvalue weighted by atomic mass is 10.00. The molecular weight excluding hydrogens is 414 g/mol. The first-order chi connectivity index (χ1) is 14.5. The van der Waals surface area contributed by atoms with Crippen molar-refractivity contribution in [3.63, 3.8) is 0 Å². The van der Waals surface area contributed by atoms with Gasteiger partial charge in [-0.15, -0.1) is 21.5 Å². The number of nitrogens with zero attached hydrogens (tertiary/aromatic N) is 3. The summed E-state index contributed by atoms with van der Waals surface area (Å²) in [5.41, 5.74) is 3.97. The Morgan fingerprint density at radius 3 is 2.47 bits per heavy atom. The van der Waals surface area contributed by atoms with Crippen LogP contribution in [0.5, 0.6) is 0 Å². The number of hydrogen-bond donors (Lipinski definition) is 2. The van der Waals surface area contributed by atoms with Crippen LogP contribution in [0, 0.1) is 38.0 Å². The Hall–Kier alpha value is -3.14. The Morgan fingerprint density at radius 1 is 1.13 bits per heavy atom. The van der Waals surface area contributed by atoms with Gasteiger partial charge in [-0.1, -0.05) is 41.7 Å². The van der Waals surface area contributed by atoms with Crippen molar-refractivity contribution in [2.75, 3.05) is 6.54 Å². The topological polar surface area (TPSA) is 66.6 Å². The monoisotopic (exact) mass is 433 g/mol. The summed E-state index contributed by atoms with van der Waals surface area (Å²) in [5, 5.41) is 22.1. The fourth-order valence-corrected chi connectivity index (χ4v) is 4.66. The van der Waals surface area contributed by atoms with Gasteiger partial charge >= 0.3 is 0 Å². The molecule has 1 aliphatic heterocycles. The molecular formula is C23H20ClN5S. The SMILES string of the molecule is Cc1c(C#CC2=CNCC=C2)sc(-n2c(C)nnc2C)c1C(=N)c1ccc(Cl)cc1. The van der Waals surface area contributed by atoms with Crippen molar-refractivity contribution in [3.05, 3.63) is 86.4 Å². The van der Waals surface area contributed by atoms with Crippen LogP contribution in [0.1, 0.15) is 33.2 Å². The highest BCUT2D eigenvalue weighted by Gasteiger charge is 2.23. The Balaban J connectivity index is 1.87. The second-order valence-electron chi connectivity index (χ2n) is 6.91. The molecule has 150 valence electrons. The van der Waals surface area contributed by atoms with Crippen molar-refractivity contribution in [3.8, 4) is 16.8 Å². The summed E-state index contributed by atoms with van der Waals surface area (Å²) in [6, 6.07) is 7.34. The number of allylic oxidation sites excluding steroid dienone is 2. The molecule has 0 amide bonds. The zero-order valence-electron chi connectivity index (χ0n) is 16.9. The Bertz CT molecular complexity index is 1230. The number of hydrogen-bond acceptors (Lipinski definition) is 5. The number of aryl methyl sites for hydroxylation is 2. The lowest BCUT2D eigenvalue weighted by Gasteiger charge is -2.10. The quantitative estimate of drug-likeness (QED) is 0.464. The van der Waals surface area contributed by atoms with Crippen molar-refractivity contribution in [2.45, 2.75) is 20.8 Å². The summed E-state index contributed by atoms with van der Waals surface area (Å²) in [6.45, 7) is 6.67. The number of benzene rings is 1. The summed E-state index contributed by atoms with van der Waals surface area (Å²) in [6.07, 6.45) is 5.97. The molecule has 0 saturated carbocycles. The molecule has 2 N–H and O–H groups in total. The van der Waals surface area contributed by atoms with E-state index in [0.717, 1.165) is 50.3 Å². The van der Waals surface area contributed by atoms with E-state index in [1.165, 1.54) is 0 Å². The zero-order valence-corrected chi connectivity index (χ0v) is 18.4. The molecule has 2 aromatic heterocycles. The van der Waals surface area contributed by atoms with E-state index in [9.17, 15) is 0 Å². The van der Waals surface area contributed by atoms with E-state index in [4.69, 9.17) is 17.0 Å². The van der Waals surface area contributed by atoms with Crippen LogP contribution in [0.4, 0.5) is 0 Å². The van der Waals surface area contributed by atoms with E-state index in [1.54, 1.807) is 23.5 Å². The highest BCUT2D eigenvalue weighted by atomic mass is 35.5. The van der Waals surface area contributed by atoms with Gasteiger partial charge in [0.1, 0.15) is 16.6 Å². The summed E-state index contributed by atoms with van der Waals surface area (Å²) >= 11 is 7.60. The van der Waals surface area contributed by atoms with Crippen LogP contribution < -0.4 is 5.32 Å². The van der Waals surface area contributed by atoms with Crippen molar-refractivity contribution in [2.24, 2.45) is 0 Å². The second kappa shape index (κ2) is 8.31. The van der Waals surface area contributed by atoms with Crippen LogP contribution in [-0.4, -0.2) is 27.0 Å². The van der Waals surface area contributed by atoms with Gasteiger partial charge in [-0.2, -0.15) is 0 Å². The van der Waals surface area contributed by atoms with Gasteiger partial charge < -0.3 is 5.32 Å². The number of aromatic nitrogens is 3. The first-order valence-corrected chi connectivity index (χ1v) is 10.6. The molecule has 0 spiro atoms. The molecule has 0 saturated heterocycles. The van der Waals surface area contributed by atoms with E-state index in [0.29, 0.717) is 10.7 Å². The minimum atomic E-state index is 0.425. The smallest absolute Gasteiger partial charge is 0.135 e. The lowest BCUT2D eigenvalue weighted by Crippen LogP contribution is -2.08. The number of halogens is 1. The third-order valence-electron chi connectivity index (χ3n) is 4.81. The number of nitrogens with one attached hydrogen (secondary N) is 2. The number of thiophene rings is 1. The molecule has 0 bridgehead atoms. The fourth-order valence-electron chi connectivity index (χ4n) is 3.27. The Morgan fingerprint density at radius 2 is 1.83 bits per heavy atom. The number of dihydropyridines is 1. The van der Waals surface area contributed by atoms with E-state index in [1.807, 2.05) is 55.8 Å². The Labute approximate surface area is 184 Å². The molecule has 0 unspecified atom stereocenters. The summed E-state index contributed by atoms with van der Waals surface area (Å²) in [5.74, 6) is 8.08. The largest absolute Gasteiger partial charge is 0.386 e. The predicted molar refractivity (Wildman–Crippen MR) is 123 cm³/mol. The van der Waals surface area contributed by atoms with Crippen molar-refractivity contribution >= 4 is 28.6 Å². The maximum Gasteiger partial charge on any atom is 0.135 e. The zero-order chi connectivity index (χ0) is 21.3. The first-order valence-electron chi connectivity index (χ1n) is 9.45. The van der Waals surface area contributed by atoms with E-state index >= 15 is 0 Å². The maximum atomic E-state index is 8.94. The van der Waals surface area contributed by atoms with Crippen molar-refractivity contribution in [1.29, 1.82) is 5.41 Å². The normalized spacial score (nSPS) is 12.7. The molecule has 3 heterocycles. The summed E-state index contributed by atoms with van der Waals surface area (Å²) in [4.78, 5) is 0.922. The Kier molecular flexibility index (Phi) is 5.58. The van der Waals surface area contributed by atoms with Crippen molar-refractivity contribution < 1.29 is 0 Å². The van der Waals surface area contributed by atoms with Crippen LogP contribution in [0.15, 0.2) is 48.2 Å². The van der Waals surface area contributed by atoms with Gasteiger partial charge in [0, 0.05) is 34.5 Å². The average Bonchev–Trinajstić information content (AvgIpc) is 3.25. The number of rotatable bonds is 3. The van der Waals surface area contributed by atoms with Crippen molar-refractivity contribution in [1.82, 2.24) is 20.1 Å². The van der Waals surface area contributed by atoms with Gasteiger partial charge in [0.05, 0.1) is 10.6 Å². The summed E-state index contributed by atoms with van der Waals surface area (Å²) in [7, 11) is 0. The van der Waals surface area contributed by atoms with Gasteiger partial charge in [0.2, 0.25) is 0 Å². The van der Waals surface area contributed by atoms with Crippen LogP contribution in [0.3, 0.4) is 0 Å². The van der Waals surface area contributed by atoms with Gasteiger partial charge in [-0.3, -0.25) is 9.98 Å². The van der Waals surface area contributed by atoms with E-state index in [-0.39, 0.29) is 0 Å². The standard InChI is InChI=1S/C23H20ClN5S/c1-14-20(11-6-17-5-4-12-26-13-17)30-23(29-15(2)27-28-16(29)3)21(14)22(25)18-7-9-19(24)10-8-18/h4-5,7-10,13,25-26H,12H2,1-3H3. The summed E-state index contributed by atoms with van der Waals surface area (Å²) < 4.78 is 1.99. The molecule has 30 heavy (non-hydrogen) atoms.